The molecule has 0 amide bonds. The molecule has 0 atom stereocenters. The van der Waals surface area contributed by atoms with Gasteiger partial charge in [0.15, 0.2) is 0 Å². The second-order valence-electron chi connectivity index (χ2n) is 3.31. The highest BCUT2D eigenvalue weighted by atomic mass is 35.5. The van der Waals surface area contributed by atoms with Gasteiger partial charge in [0.05, 0.1) is 5.02 Å². The Balaban J connectivity index is 2.48. The van der Waals surface area contributed by atoms with Crippen LogP contribution in [0.2, 0.25) is 5.02 Å². The Morgan fingerprint density at radius 1 is 1.53 bits per heavy atom. The molecule has 1 aromatic carbocycles. The van der Waals surface area contributed by atoms with Gasteiger partial charge in [0.2, 0.25) is 0 Å². The number of rotatable bonds is 4. The zero-order valence-corrected chi connectivity index (χ0v) is 9.87. The summed E-state index contributed by atoms with van der Waals surface area (Å²) in [5, 5.41) is 3.32. The summed E-state index contributed by atoms with van der Waals surface area (Å²) >= 11 is 11.2. The van der Waals surface area contributed by atoms with Crippen molar-refractivity contribution in [3.05, 3.63) is 45.7 Å². The van der Waals surface area contributed by atoms with Gasteiger partial charge in [-0.25, -0.2) is 4.39 Å². The summed E-state index contributed by atoms with van der Waals surface area (Å²) in [5.74, 6) is -0.391. The number of nitrogens with one attached hydrogen (secondary N) is 1. The third-order valence-corrected chi connectivity index (χ3v) is 2.57. The Kier molecular flexibility index (Phi) is 5.09. The predicted molar refractivity (Wildman–Crippen MR) is 62.7 cm³/mol. The Morgan fingerprint density at radius 2 is 2.27 bits per heavy atom. The van der Waals surface area contributed by atoms with Crippen LogP contribution in [0.4, 0.5) is 4.39 Å². The topological polar surface area (TPSA) is 12.0 Å². The first-order chi connectivity index (χ1) is 7.13. The zero-order chi connectivity index (χ0) is 11.3. The second kappa shape index (κ2) is 6.11. The molecule has 4 heteroatoms. The molecule has 0 unspecified atom stereocenters. The summed E-state index contributed by atoms with van der Waals surface area (Å²) in [5.41, 5.74) is 3.53. The lowest BCUT2D eigenvalue weighted by molar-refractivity contribution is 0.626. The van der Waals surface area contributed by atoms with Crippen LogP contribution in [0.3, 0.4) is 0 Å². The smallest absolute Gasteiger partial charge is 0.141 e. The van der Waals surface area contributed by atoms with Crippen LogP contribution in [0.5, 0.6) is 0 Å². The lowest BCUT2D eigenvalue weighted by atomic mass is 10.2. The molecule has 1 aromatic rings. The SMILES string of the molecule is C/C(=C/Cl)CNCc1ccc(F)c(Cl)c1. The maximum Gasteiger partial charge on any atom is 0.141 e. The van der Waals surface area contributed by atoms with E-state index in [9.17, 15) is 4.39 Å². The lowest BCUT2D eigenvalue weighted by Gasteiger charge is -2.05. The standard InChI is InChI=1S/C11H12Cl2FN/c1-8(5-12)6-15-7-9-2-3-11(14)10(13)4-9/h2-5,15H,6-7H2,1H3/b8-5-. The van der Waals surface area contributed by atoms with E-state index >= 15 is 0 Å². The molecule has 0 aromatic heterocycles. The minimum atomic E-state index is -0.391. The first-order valence-corrected chi connectivity index (χ1v) is 5.35. The molecule has 0 heterocycles. The van der Waals surface area contributed by atoms with Crippen LogP contribution in [0.25, 0.3) is 0 Å². The molecule has 0 aliphatic carbocycles. The molecule has 0 fully saturated rings. The summed E-state index contributed by atoms with van der Waals surface area (Å²) in [6.07, 6.45) is 0. The van der Waals surface area contributed by atoms with Gasteiger partial charge in [-0.1, -0.05) is 29.3 Å². The molecule has 1 nitrogen and oxygen atoms in total. The number of benzene rings is 1. The number of hydrogen-bond donors (Lipinski definition) is 1. The molecular weight excluding hydrogens is 236 g/mol. The minimum Gasteiger partial charge on any atom is -0.309 e. The maximum absolute atomic E-state index is 12.8. The van der Waals surface area contributed by atoms with Gasteiger partial charge in [0, 0.05) is 18.6 Å². The van der Waals surface area contributed by atoms with Gasteiger partial charge in [0.1, 0.15) is 5.82 Å². The summed E-state index contributed by atoms with van der Waals surface area (Å²) in [7, 11) is 0. The van der Waals surface area contributed by atoms with Crippen LogP contribution in [0, 0.1) is 5.82 Å². The molecule has 0 aliphatic heterocycles. The van der Waals surface area contributed by atoms with E-state index in [2.05, 4.69) is 5.32 Å². The lowest BCUT2D eigenvalue weighted by Crippen LogP contribution is -2.15. The van der Waals surface area contributed by atoms with Crippen molar-refractivity contribution in [2.24, 2.45) is 0 Å². The molecular formula is C11H12Cl2FN. The summed E-state index contributed by atoms with van der Waals surface area (Å²) in [6.45, 7) is 3.28. The van der Waals surface area contributed by atoms with Crippen molar-refractivity contribution >= 4 is 23.2 Å². The second-order valence-corrected chi connectivity index (χ2v) is 3.93. The third kappa shape index (κ3) is 4.20. The Bertz CT molecular complexity index is 364. The van der Waals surface area contributed by atoms with Crippen molar-refractivity contribution in [3.8, 4) is 0 Å². The van der Waals surface area contributed by atoms with E-state index in [0.717, 1.165) is 11.1 Å². The molecule has 0 saturated heterocycles. The van der Waals surface area contributed by atoms with Crippen LogP contribution >= 0.6 is 23.2 Å². The molecule has 1 rings (SSSR count). The van der Waals surface area contributed by atoms with Crippen molar-refractivity contribution in [1.29, 1.82) is 0 Å². The third-order valence-electron chi connectivity index (χ3n) is 1.90. The molecule has 0 spiro atoms. The van der Waals surface area contributed by atoms with Gasteiger partial charge in [-0.05, 0) is 30.2 Å². The fourth-order valence-electron chi connectivity index (χ4n) is 1.09. The van der Waals surface area contributed by atoms with Crippen molar-refractivity contribution in [2.75, 3.05) is 6.54 Å². The average Bonchev–Trinajstić information content (AvgIpc) is 2.23. The molecule has 0 aliphatic rings. The van der Waals surface area contributed by atoms with E-state index in [1.807, 2.05) is 6.92 Å². The Hall–Kier alpha value is -0.570. The molecule has 15 heavy (non-hydrogen) atoms. The maximum atomic E-state index is 12.8. The van der Waals surface area contributed by atoms with E-state index in [4.69, 9.17) is 23.2 Å². The fourth-order valence-corrected chi connectivity index (χ4v) is 1.37. The fraction of sp³-hybridized carbons (Fsp3) is 0.273. The molecule has 1 N–H and O–H groups in total. The van der Waals surface area contributed by atoms with E-state index < -0.39 is 5.82 Å². The quantitative estimate of drug-likeness (QED) is 0.856. The van der Waals surface area contributed by atoms with Crippen LogP contribution in [0.1, 0.15) is 12.5 Å². The van der Waals surface area contributed by atoms with Gasteiger partial charge in [-0.3, -0.25) is 0 Å². The predicted octanol–water partition coefficient (Wildman–Crippen LogP) is 3.71. The highest BCUT2D eigenvalue weighted by Gasteiger charge is 2.00. The van der Waals surface area contributed by atoms with Gasteiger partial charge in [0.25, 0.3) is 0 Å². The van der Waals surface area contributed by atoms with Crippen LogP contribution < -0.4 is 5.32 Å². The first-order valence-electron chi connectivity index (χ1n) is 4.54. The molecule has 0 bridgehead atoms. The molecule has 0 radical (unpaired) electrons. The summed E-state index contributed by atoms with van der Waals surface area (Å²) < 4.78 is 12.8. The van der Waals surface area contributed by atoms with E-state index in [-0.39, 0.29) is 5.02 Å². The van der Waals surface area contributed by atoms with Crippen molar-refractivity contribution < 1.29 is 4.39 Å². The van der Waals surface area contributed by atoms with E-state index in [1.54, 1.807) is 12.1 Å². The first kappa shape index (κ1) is 12.5. The number of hydrogen-bond acceptors (Lipinski definition) is 1. The van der Waals surface area contributed by atoms with Crippen LogP contribution in [-0.2, 0) is 6.54 Å². The largest absolute Gasteiger partial charge is 0.309 e. The monoisotopic (exact) mass is 247 g/mol. The van der Waals surface area contributed by atoms with Crippen molar-refractivity contribution in [2.45, 2.75) is 13.5 Å². The summed E-state index contributed by atoms with van der Waals surface area (Å²) in [4.78, 5) is 0. The van der Waals surface area contributed by atoms with Crippen molar-refractivity contribution in [1.82, 2.24) is 5.32 Å². The summed E-state index contributed by atoms with van der Waals surface area (Å²) in [6, 6.07) is 4.68. The molecule has 82 valence electrons. The average molecular weight is 248 g/mol. The van der Waals surface area contributed by atoms with E-state index in [1.165, 1.54) is 11.6 Å². The van der Waals surface area contributed by atoms with Gasteiger partial charge < -0.3 is 5.32 Å². The van der Waals surface area contributed by atoms with Gasteiger partial charge >= 0.3 is 0 Å². The van der Waals surface area contributed by atoms with Crippen LogP contribution in [0.15, 0.2) is 29.3 Å². The van der Waals surface area contributed by atoms with Crippen LogP contribution in [-0.4, -0.2) is 6.54 Å². The van der Waals surface area contributed by atoms with Gasteiger partial charge in [-0.2, -0.15) is 0 Å². The zero-order valence-electron chi connectivity index (χ0n) is 8.36. The normalized spacial score (nSPS) is 11.9. The van der Waals surface area contributed by atoms with Gasteiger partial charge in [-0.15, -0.1) is 0 Å². The highest BCUT2D eigenvalue weighted by molar-refractivity contribution is 6.30. The highest BCUT2D eigenvalue weighted by Crippen LogP contribution is 2.15. The van der Waals surface area contributed by atoms with E-state index in [0.29, 0.717) is 13.1 Å². The number of halogens is 3. The van der Waals surface area contributed by atoms with Crippen molar-refractivity contribution in [3.63, 3.8) is 0 Å². The molecule has 0 saturated carbocycles. The minimum absolute atomic E-state index is 0.152. The Morgan fingerprint density at radius 3 is 2.87 bits per heavy atom. The Labute approximate surface area is 98.9 Å².